The Bertz CT molecular complexity index is 1880. The van der Waals surface area contributed by atoms with E-state index in [1.807, 2.05) is 13.0 Å². The summed E-state index contributed by atoms with van der Waals surface area (Å²) < 4.78 is 70.4. The van der Waals surface area contributed by atoms with E-state index < -0.39 is 38.5 Å². The zero-order valence-electron chi connectivity index (χ0n) is 19.0. The first kappa shape index (κ1) is 24.1. The highest BCUT2D eigenvalue weighted by molar-refractivity contribution is 8.45. The first-order chi connectivity index (χ1) is 17.2. The van der Waals surface area contributed by atoms with Gasteiger partial charge in [0.2, 0.25) is 0 Å². The molecule has 4 nitrogen and oxygen atoms in total. The number of rotatable bonds is 1. The van der Waals surface area contributed by atoms with Gasteiger partial charge in [-0.2, -0.15) is 0 Å². The van der Waals surface area contributed by atoms with Gasteiger partial charge >= 0.3 is 10.2 Å². The molecule has 0 saturated heterocycles. The van der Waals surface area contributed by atoms with E-state index in [9.17, 15) is 30.0 Å². The number of fused-ring (bicyclic) bond motifs is 6. The van der Waals surface area contributed by atoms with Gasteiger partial charge < -0.3 is 0 Å². The van der Waals surface area contributed by atoms with Crippen LogP contribution in [0.4, 0.5) is 19.4 Å². The summed E-state index contributed by atoms with van der Waals surface area (Å²) in [5, 5.41) is 19.7. The zero-order valence-corrected chi connectivity index (χ0v) is 19.8. The minimum atomic E-state index is -10.1. The summed E-state index contributed by atoms with van der Waals surface area (Å²) in [6, 6.07) is 11.4. The molecule has 0 amide bonds. The van der Waals surface area contributed by atoms with Gasteiger partial charge in [0.25, 0.3) is 11.4 Å². The smallest absolute Gasteiger partial charge is 0.226 e. The Labute approximate surface area is 208 Å². The number of halogens is 5. The van der Waals surface area contributed by atoms with Crippen LogP contribution in [0.3, 0.4) is 0 Å². The molecule has 0 spiro atoms. The van der Waals surface area contributed by atoms with Crippen molar-refractivity contribution in [3.8, 4) is 34.4 Å². The average Bonchev–Trinajstić information content (AvgIpc) is 3.39. The second-order valence-corrected chi connectivity index (χ2v) is 11.2. The average molecular weight is 520 g/mol. The maximum Gasteiger partial charge on any atom is 0.310 e. The minimum Gasteiger partial charge on any atom is -0.226 e. The van der Waals surface area contributed by atoms with Crippen LogP contribution in [0, 0.1) is 42.7 Å². The third kappa shape index (κ3) is 3.39. The summed E-state index contributed by atoms with van der Waals surface area (Å²) in [6.07, 6.45) is -0.443. The number of hydrogen-bond acceptors (Lipinski definition) is 2. The van der Waals surface area contributed by atoms with Crippen molar-refractivity contribution in [2.24, 2.45) is 0 Å². The molecule has 0 saturated carbocycles. The standard InChI is InChI=1S/C27H13F5N4S/c1-14-6-4-7-15-17(14)10-19-24(15)27(22(13-34)36-3)20-11-18-16(25(20)26(19)21(12-33)35-2)8-5-9-23(18)37(28,29,30,31)32/h4-9H,10-11H2,1H3/b26-21+,27-22-. The lowest BCUT2D eigenvalue weighted by Crippen LogP contribution is -2.25. The number of hydrogen-bond donors (Lipinski definition) is 0. The van der Waals surface area contributed by atoms with Gasteiger partial charge in [0.05, 0.1) is 25.3 Å². The van der Waals surface area contributed by atoms with Crippen molar-refractivity contribution in [1.29, 1.82) is 10.5 Å². The fourth-order valence-electron chi connectivity index (χ4n) is 5.47. The Morgan fingerprint density at radius 2 is 1.22 bits per heavy atom. The van der Waals surface area contributed by atoms with E-state index in [1.165, 1.54) is 6.07 Å². The monoisotopic (exact) mass is 520 g/mol. The molecule has 2 aliphatic carbocycles. The molecule has 0 heterocycles. The molecule has 0 aliphatic heterocycles. The maximum absolute atomic E-state index is 14.1. The van der Waals surface area contributed by atoms with E-state index in [0.717, 1.165) is 17.2 Å². The molecule has 10 heteroatoms. The normalized spacial score (nSPS) is 16.3. The second kappa shape index (κ2) is 6.98. The highest BCUT2D eigenvalue weighted by Gasteiger charge is 2.66. The predicted octanol–water partition coefficient (Wildman–Crippen LogP) is 6.90. The van der Waals surface area contributed by atoms with E-state index in [2.05, 4.69) is 9.69 Å². The predicted molar refractivity (Wildman–Crippen MR) is 130 cm³/mol. The van der Waals surface area contributed by atoms with Crippen LogP contribution in [0.2, 0.25) is 0 Å². The van der Waals surface area contributed by atoms with Gasteiger partial charge in [0.1, 0.15) is 4.90 Å². The molecule has 0 bridgehead atoms. The first-order valence-electron chi connectivity index (χ1n) is 10.7. The van der Waals surface area contributed by atoms with Crippen LogP contribution in [0.25, 0.3) is 43.3 Å². The highest BCUT2D eigenvalue weighted by atomic mass is 32.5. The quantitative estimate of drug-likeness (QED) is 0.178. The van der Waals surface area contributed by atoms with Crippen LogP contribution in [0.1, 0.15) is 27.8 Å². The summed E-state index contributed by atoms with van der Waals surface area (Å²) in [7, 11) is -10.1. The van der Waals surface area contributed by atoms with Crippen LogP contribution in [0.5, 0.6) is 0 Å². The van der Waals surface area contributed by atoms with E-state index >= 15 is 0 Å². The summed E-state index contributed by atoms with van der Waals surface area (Å²) in [5.41, 5.74) is 1.47. The van der Waals surface area contributed by atoms with Gasteiger partial charge in [-0.05, 0) is 75.9 Å². The van der Waals surface area contributed by atoms with Crippen molar-refractivity contribution in [2.45, 2.75) is 24.7 Å². The van der Waals surface area contributed by atoms with Gasteiger partial charge in [0.15, 0.2) is 0 Å². The molecule has 37 heavy (non-hydrogen) atoms. The van der Waals surface area contributed by atoms with Gasteiger partial charge in [-0.3, -0.25) is 0 Å². The Balaban J connectivity index is 2.12. The van der Waals surface area contributed by atoms with Gasteiger partial charge in [-0.1, -0.05) is 49.8 Å². The Morgan fingerprint density at radius 1 is 0.757 bits per heavy atom. The molecular weight excluding hydrogens is 507 g/mol. The largest absolute Gasteiger partial charge is 0.310 e. The van der Waals surface area contributed by atoms with Crippen molar-refractivity contribution < 1.29 is 19.4 Å². The van der Waals surface area contributed by atoms with Gasteiger partial charge in [-0.15, -0.1) is 0 Å². The third-order valence-electron chi connectivity index (χ3n) is 6.82. The summed E-state index contributed by atoms with van der Waals surface area (Å²) in [6.45, 7) is 17.0. The first-order valence-corrected chi connectivity index (χ1v) is 12.7. The molecule has 0 radical (unpaired) electrons. The van der Waals surface area contributed by atoms with Crippen molar-refractivity contribution in [3.05, 3.63) is 97.5 Å². The lowest BCUT2D eigenvalue weighted by atomic mass is 9.90. The summed E-state index contributed by atoms with van der Waals surface area (Å²) >= 11 is 0. The van der Waals surface area contributed by atoms with E-state index in [1.54, 1.807) is 24.3 Å². The van der Waals surface area contributed by atoms with Crippen LogP contribution in [0.15, 0.2) is 41.3 Å². The third-order valence-corrected chi connectivity index (χ3v) is 8.03. The maximum atomic E-state index is 14.1. The molecule has 0 fully saturated rings. The molecule has 2 aliphatic rings. The SMILES string of the molecule is [C-]#[N+]/C(C#N)=c1/c2c(/c(=C(\C#N)[N+]#[C-])c3c1-c1cccc(C)c1C3)-c1cccc(S(F)(F)(F)(F)F)c1C2. The minimum absolute atomic E-state index is 0.0156. The fourth-order valence-corrected chi connectivity index (χ4v) is 6.45. The lowest BCUT2D eigenvalue weighted by Gasteiger charge is -2.41. The molecule has 3 aromatic rings. The van der Waals surface area contributed by atoms with Gasteiger partial charge in [-0.25, -0.2) is 20.2 Å². The molecule has 0 atom stereocenters. The van der Waals surface area contributed by atoms with E-state index in [0.29, 0.717) is 22.8 Å². The molecule has 0 unspecified atom stereocenters. The van der Waals surface area contributed by atoms with Crippen LogP contribution in [-0.4, -0.2) is 0 Å². The highest BCUT2D eigenvalue weighted by Crippen LogP contribution is 3.02. The lowest BCUT2D eigenvalue weighted by molar-refractivity contribution is 0.363. The molecule has 3 aromatic carbocycles. The van der Waals surface area contributed by atoms with Crippen molar-refractivity contribution in [3.63, 3.8) is 0 Å². The second-order valence-electron chi connectivity index (χ2n) is 8.81. The molecule has 182 valence electrons. The Morgan fingerprint density at radius 3 is 1.68 bits per heavy atom. The summed E-state index contributed by atoms with van der Waals surface area (Å²) in [4.78, 5) is 4.58. The van der Waals surface area contributed by atoms with Crippen molar-refractivity contribution >= 4 is 21.6 Å². The van der Waals surface area contributed by atoms with Crippen molar-refractivity contribution in [1.82, 2.24) is 0 Å². The molecule has 5 rings (SSSR count). The van der Waals surface area contributed by atoms with E-state index in [4.69, 9.17) is 13.1 Å². The van der Waals surface area contributed by atoms with E-state index in [-0.39, 0.29) is 33.5 Å². The molecular formula is C27H13F5N4S. The number of benzene rings is 3. The topological polar surface area (TPSA) is 56.3 Å². The Kier molecular flexibility index (Phi) is 4.54. The van der Waals surface area contributed by atoms with Crippen molar-refractivity contribution in [2.75, 3.05) is 0 Å². The number of nitrogens with zero attached hydrogens (tertiary/aromatic N) is 4. The number of nitriles is 2. The van der Waals surface area contributed by atoms with Crippen LogP contribution < -0.4 is 10.4 Å². The van der Waals surface area contributed by atoms with Crippen LogP contribution in [-0.2, 0) is 12.8 Å². The van der Waals surface area contributed by atoms with Crippen LogP contribution >= 0.6 is 10.2 Å². The molecule has 0 aromatic heterocycles. The fraction of sp³-hybridized carbons (Fsp3) is 0.111. The number of aryl methyl sites for hydroxylation is 1. The zero-order chi connectivity index (χ0) is 27.0. The van der Waals surface area contributed by atoms with Gasteiger partial charge in [0, 0.05) is 10.4 Å². The Hall–Kier alpha value is -4.64. The molecule has 0 N–H and O–H groups in total. The summed E-state index contributed by atoms with van der Waals surface area (Å²) in [5.74, 6) is 0.